The number of hydrogen-bond donors (Lipinski definition) is 1. The number of aromatic amines is 1. The van der Waals surface area contributed by atoms with E-state index in [2.05, 4.69) is 24.6 Å². The van der Waals surface area contributed by atoms with Gasteiger partial charge in [0, 0.05) is 30.3 Å². The summed E-state index contributed by atoms with van der Waals surface area (Å²) in [4.78, 5) is 22.6. The maximum atomic E-state index is 13.2. The van der Waals surface area contributed by atoms with Gasteiger partial charge in [0.05, 0.1) is 36.2 Å². The highest BCUT2D eigenvalue weighted by molar-refractivity contribution is 7.47. The van der Waals surface area contributed by atoms with Crippen LogP contribution in [-0.2, 0) is 18.8 Å². The molecular weight excluding hydrogens is 402 g/mol. The summed E-state index contributed by atoms with van der Waals surface area (Å²) in [6.07, 6.45) is 10.8. The number of carbonyl (C=O) groups excluding carboxylic acids is 1. The lowest BCUT2D eigenvalue weighted by molar-refractivity contribution is 0.0613. The topological polar surface area (TPSA) is 104 Å². The Morgan fingerprint density at radius 1 is 1.47 bits per heavy atom. The van der Waals surface area contributed by atoms with Crippen LogP contribution in [0.2, 0.25) is 0 Å². The summed E-state index contributed by atoms with van der Waals surface area (Å²) in [5.41, 5.74) is 3.68. The monoisotopic (exact) mass is 425 g/mol. The van der Waals surface area contributed by atoms with Crippen LogP contribution in [0, 0.1) is 0 Å². The third-order valence-corrected chi connectivity index (χ3v) is 5.40. The first-order valence-electron chi connectivity index (χ1n) is 9.84. The second-order valence-corrected chi connectivity index (χ2v) is 7.72. The average molecular weight is 426 g/mol. The van der Waals surface area contributed by atoms with Gasteiger partial charge in [0.15, 0.2) is 0 Å². The quantitative estimate of drug-likeness (QED) is 0.783. The fourth-order valence-electron chi connectivity index (χ4n) is 3.64. The smallest absolute Gasteiger partial charge is 0.311 e. The molecule has 156 valence electrons. The van der Waals surface area contributed by atoms with E-state index in [0.29, 0.717) is 25.3 Å². The van der Waals surface area contributed by atoms with Gasteiger partial charge in [-0.1, -0.05) is 30.5 Å². The summed E-state index contributed by atoms with van der Waals surface area (Å²) in [5.74, 6) is 0.230. The molecule has 1 atom stereocenters. The van der Waals surface area contributed by atoms with Gasteiger partial charge in [0.25, 0.3) is 0 Å². The fraction of sp³-hybridized carbons (Fsp3) is 0.400. The number of hydrogen-bond acceptors (Lipinski definition) is 7. The molecule has 4 rings (SSSR count). The Labute approximate surface area is 179 Å². The molecule has 10 heteroatoms. The molecule has 0 unspecified atom stereocenters. The second kappa shape index (κ2) is 8.31. The van der Waals surface area contributed by atoms with Crippen LogP contribution in [0.15, 0.2) is 50.9 Å². The lowest BCUT2D eigenvalue weighted by Crippen LogP contribution is -2.40. The number of nitrogens with zero attached hydrogens (tertiary/aromatic N) is 6. The molecule has 0 bridgehead atoms. The number of nitrogens with one attached hydrogen (secondary N) is 1. The van der Waals surface area contributed by atoms with Gasteiger partial charge in [0.1, 0.15) is 0 Å². The first-order valence-corrected chi connectivity index (χ1v) is 10.2. The van der Waals surface area contributed by atoms with E-state index >= 15 is 0 Å². The van der Waals surface area contributed by atoms with Gasteiger partial charge in [-0.25, -0.2) is 9.99 Å². The van der Waals surface area contributed by atoms with Crippen molar-refractivity contribution in [1.82, 2.24) is 30.1 Å². The molecule has 0 radical (unpaired) electrons. The Hall–Kier alpha value is -3.14. The number of H-pyrrole nitrogens is 1. The van der Waals surface area contributed by atoms with Crippen LogP contribution in [0.4, 0.5) is 0 Å². The number of rotatable bonds is 5. The zero-order chi connectivity index (χ0) is 21.3. The standard InChI is InChI=1S/C20H23N7O2S/c1-12(2)18-23-24-19(29-18)20(28)26-10-9-15-17(22-11-21-15)16(26)8-7-14-6-4-5-13(3)27(14)25-30/h4-7,11-12,16H,8-10H2,1-3H3,(H,21,22)/b14-7-/t16-/m0/s1. The van der Waals surface area contributed by atoms with Crippen LogP contribution in [0.1, 0.15) is 67.1 Å². The first kappa shape index (κ1) is 20.1. The van der Waals surface area contributed by atoms with Crippen molar-refractivity contribution in [2.24, 2.45) is 4.47 Å². The highest BCUT2D eigenvalue weighted by Crippen LogP contribution is 2.33. The lowest BCUT2D eigenvalue weighted by atomic mass is 9.98. The number of imidazole rings is 1. The van der Waals surface area contributed by atoms with Crippen LogP contribution in [0.5, 0.6) is 0 Å². The molecule has 4 heterocycles. The molecule has 2 aromatic rings. The first-order chi connectivity index (χ1) is 14.5. The Balaban J connectivity index is 1.63. The molecule has 2 aliphatic rings. The van der Waals surface area contributed by atoms with Crippen molar-refractivity contribution in [1.29, 1.82) is 0 Å². The van der Waals surface area contributed by atoms with E-state index in [0.717, 1.165) is 22.8 Å². The predicted octanol–water partition coefficient (Wildman–Crippen LogP) is 3.35. The van der Waals surface area contributed by atoms with Gasteiger partial charge in [-0.15, -0.1) is 10.2 Å². The summed E-state index contributed by atoms with van der Waals surface area (Å²) in [6, 6.07) is -0.263. The van der Waals surface area contributed by atoms with E-state index < -0.39 is 0 Å². The van der Waals surface area contributed by atoms with Crippen molar-refractivity contribution < 1.29 is 9.21 Å². The lowest BCUT2D eigenvalue weighted by Gasteiger charge is -2.34. The number of allylic oxidation sites excluding steroid dienone is 4. The van der Waals surface area contributed by atoms with Gasteiger partial charge in [-0.3, -0.25) is 4.79 Å². The van der Waals surface area contributed by atoms with Crippen LogP contribution < -0.4 is 0 Å². The van der Waals surface area contributed by atoms with Crippen molar-refractivity contribution in [3.8, 4) is 0 Å². The summed E-state index contributed by atoms with van der Waals surface area (Å²) < 4.78 is 9.53. The molecule has 0 aliphatic carbocycles. The van der Waals surface area contributed by atoms with Crippen LogP contribution >= 0.6 is 0 Å². The molecule has 0 fully saturated rings. The Morgan fingerprint density at radius 3 is 3.03 bits per heavy atom. The third-order valence-electron chi connectivity index (χ3n) is 5.24. The molecule has 0 saturated carbocycles. The van der Waals surface area contributed by atoms with E-state index in [1.54, 1.807) is 16.2 Å². The Bertz CT molecular complexity index is 1050. The normalized spacial score (nSPS) is 19.9. The van der Waals surface area contributed by atoms with E-state index in [-0.39, 0.29) is 23.8 Å². The van der Waals surface area contributed by atoms with Gasteiger partial charge in [-0.05, 0) is 25.5 Å². The Kier molecular flexibility index (Phi) is 5.58. The molecule has 0 saturated heterocycles. The number of amides is 1. The molecule has 30 heavy (non-hydrogen) atoms. The minimum Gasteiger partial charge on any atom is -0.417 e. The van der Waals surface area contributed by atoms with Gasteiger partial charge < -0.3 is 14.3 Å². The summed E-state index contributed by atoms with van der Waals surface area (Å²) in [7, 11) is 0. The largest absolute Gasteiger partial charge is 0.417 e. The molecule has 0 aromatic carbocycles. The number of aromatic nitrogens is 4. The van der Waals surface area contributed by atoms with Crippen LogP contribution in [0.3, 0.4) is 0 Å². The van der Waals surface area contributed by atoms with Crippen molar-refractivity contribution in [2.45, 2.75) is 45.6 Å². The molecule has 2 aliphatic heterocycles. The summed E-state index contributed by atoms with van der Waals surface area (Å²) >= 11 is 4.92. The van der Waals surface area contributed by atoms with E-state index in [1.165, 1.54) is 0 Å². The maximum Gasteiger partial charge on any atom is 0.311 e. The van der Waals surface area contributed by atoms with E-state index in [4.69, 9.17) is 16.8 Å². The Morgan fingerprint density at radius 2 is 2.30 bits per heavy atom. The predicted molar refractivity (Wildman–Crippen MR) is 112 cm³/mol. The van der Waals surface area contributed by atoms with Gasteiger partial charge in [-0.2, -0.15) is 0 Å². The minimum atomic E-state index is -0.286. The van der Waals surface area contributed by atoms with Gasteiger partial charge >= 0.3 is 11.8 Å². The highest BCUT2D eigenvalue weighted by atomic mass is 32.1. The molecule has 1 N–H and O–H groups in total. The summed E-state index contributed by atoms with van der Waals surface area (Å²) in [5, 5.41) is 9.66. The molecule has 9 nitrogen and oxygen atoms in total. The van der Waals surface area contributed by atoms with Gasteiger partial charge in [0.2, 0.25) is 5.89 Å². The average Bonchev–Trinajstić information content (AvgIpc) is 3.41. The number of carbonyl (C=O) groups is 1. The van der Waals surface area contributed by atoms with E-state index in [9.17, 15) is 4.79 Å². The molecule has 0 spiro atoms. The third kappa shape index (κ3) is 3.70. The van der Waals surface area contributed by atoms with Crippen molar-refractivity contribution in [3.63, 3.8) is 0 Å². The highest BCUT2D eigenvalue weighted by Gasteiger charge is 2.35. The minimum absolute atomic E-state index is 0.00821. The molecular formula is C20H23N7O2S. The fourth-order valence-corrected chi connectivity index (χ4v) is 3.87. The number of fused-ring (bicyclic) bond motifs is 1. The maximum absolute atomic E-state index is 13.2. The van der Waals surface area contributed by atoms with Crippen molar-refractivity contribution in [2.75, 3.05) is 6.54 Å². The van der Waals surface area contributed by atoms with E-state index in [1.807, 2.05) is 45.1 Å². The van der Waals surface area contributed by atoms with Crippen LogP contribution in [-0.4, -0.2) is 42.5 Å². The van der Waals surface area contributed by atoms with Crippen molar-refractivity contribution >= 4 is 18.3 Å². The second-order valence-electron chi connectivity index (χ2n) is 7.56. The zero-order valence-corrected chi connectivity index (χ0v) is 17.9. The SMILES string of the molecule is CC1=CC=C/C(=C/C[C@H]2c3nc[nH]c3CCN2C(=O)c2nnc(C(C)C)o2)N1N=S. The zero-order valence-electron chi connectivity index (χ0n) is 17.1. The molecule has 1 amide bonds. The van der Waals surface area contributed by atoms with Crippen molar-refractivity contribution in [3.05, 3.63) is 65.2 Å². The van der Waals surface area contributed by atoms with Crippen LogP contribution in [0.25, 0.3) is 0 Å². The molecule has 2 aromatic heterocycles. The summed E-state index contributed by atoms with van der Waals surface area (Å²) in [6.45, 7) is 6.36.